The Morgan fingerprint density at radius 3 is 2.87 bits per heavy atom. The number of nitrogens with one attached hydrogen (secondary N) is 1. The number of rotatable bonds is 5. The van der Waals surface area contributed by atoms with Crippen molar-refractivity contribution in [1.82, 2.24) is 9.97 Å². The number of hydrogen-bond acceptors (Lipinski definition) is 5. The van der Waals surface area contributed by atoms with Gasteiger partial charge in [-0.15, -0.1) is 23.7 Å². The quantitative estimate of drug-likeness (QED) is 0.732. The van der Waals surface area contributed by atoms with Crippen molar-refractivity contribution in [2.75, 3.05) is 12.4 Å². The molecule has 0 unspecified atom stereocenters. The number of thiazole rings is 1. The molecule has 23 heavy (non-hydrogen) atoms. The molecule has 120 valence electrons. The van der Waals surface area contributed by atoms with Crippen molar-refractivity contribution in [3.63, 3.8) is 0 Å². The number of aryl methyl sites for hydroxylation is 1. The predicted octanol–water partition coefficient (Wildman–Crippen LogP) is 4.61. The monoisotopic (exact) mass is 347 g/mol. The molecule has 0 saturated heterocycles. The van der Waals surface area contributed by atoms with Crippen LogP contribution in [-0.2, 0) is 6.42 Å². The molecule has 0 fully saturated rings. The molecule has 0 atom stereocenters. The lowest BCUT2D eigenvalue weighted by atomic mass is 10.1. The van der Waals surface area contributed by atoms with Gasteiger partial charge in [-0.2, -0.15) is 0 Å². The second-order valence-corrected chi connectivity index (χ2v) is 5.82. The maximum atomic E-state index is 5.25. The van der Waals surface area contributed by atoms with Crippen molar-refractivity contribution in [2.24, 2.45) is 0 Å². The molecule has 0 aliphatic rings. The van der Waals surface area contributed by atoms with Crippen LogP contribution < -0.4 is 10.1 Å². The Morgan fingerprint density at radius 2 is 2.09 bits per heavy atom. The molecule has 0 saturated carbocycles. The van der Waals surface area contributed by atoms with Crippen LogP contribution in [0.25, 0.3) is 0 Å². The van der Waals surface area contributed by atoms with E-state index in [4.69, 9.17) is 4.74 Å². The van der Waals surface area contributed by atoms with Gasteiger partial charge in [-0.1, -0.05) is 18.2 Å². The van der Waals surface area contributed by atoms with Crippen molar-refractivity contribution in [3.8, 4) is 5.75 Å². The first-order valence-corrected chi connectivity index (χ1v) is 7.88. The van der Waals surface area contributed by atoms with E-state index in [2.05, 4.69) is 26.7 Å². The van der Waals surface area contributed by atoms with E-state index in [9.17, 15) is 0 Å². The average Bonchev–Trinajstić information content (AvgIpc) is 2.97. The number of methoxy groups -OCH3 is 1. The SMILES string of the molecule is COc1cccc(Cc2csc(Nc3ncccc3C)n2)c1.Cl. The van der Waals surface area contributed by atoms with Gasteiger partial charge in [-0.3, -0.25) is 0 Å². The first-order valence-electron chi connectivity index (χ1n) is 7.00. The second kappa shape index (κ2) is 7.94. The van der Waals surface area contributed by atoms with Gasteiger partial charge in [0.25, 0.3) is 0 Å². The highest BCUT2D eigenvalue weighted by atomic mass is 35.5. The molecule has 0 aliphatic heterocycles. The van der Waals surface area contributed by atoms with Crippen LogP contribution in [0.2, 0.25) is 0 Å². The third kappa shape index (κ3) is 4.43. The van der Waals surface area contributed by atoms with E-state index in [0.29, 0.717) is 0 Å². The van der Waals surface area contributed by atoms with E-state index >= 15 is 0 Å². The largest absolute Gasteiger partial charge is 0.497 e. The topological polar surface area (TPSA) is 47.0 Å². The summed E-state index contributed by atoms with van der Waals surface area (Å²) in [6, 6.07) is 12.0. The fourth-order valence-electron chi connectivity index (χ4n) is 2.15. The van der Waals surface area contributed by atoms with Crippen LogP contribution in [0.15, 0.2) is 48.0 Å². The number of pyridine rings is 1. The maximum Gasteiger partial charge on any atom is 0.188 e. The number of nitrogens with zero attached hydrogens (tertiary/aromatic N) is 2. The standard InChI is InChI=1S/C17H17N3OS.ClH/c1-12-5-4-8-18-16(12)20-17-19-14(11-22-17)9-13-6-3-7-15(10-13)21-2;/h3-8,10-11H,9H2,1-2H3,(H,18,19,20);1H. The van der Waals surface area contributed by atoms with Crippen molar-refractivity contribution in [3.05, 3.63) is 64.8 Å². The molecular weight excluding hydrogens is 330 g/mol. The Balaban J connectivity index is 0.00000192. The highest BCUT2D eigenvalue weighted by Gasteiger charge is 2.06. The van der Waals surface area contributed by atoms with Crippen LogP contribution in [0.4, 0.5) is 10.9 Å². The zero-order valence-corrected chi connectivity index (χ0v) is 14.6. The van der Waals surface area contributed by atoms with Gasteiger partial charge >= 0.3 is 0 Å². The van der Waals surface area contributed by atoms with Crippen molar-refractivity contribution < 1.29 is 4.74 Å². The van der Waals surface area contributed by atoms with Gasteiger partial charge < -0.3 is 10.1 Å². The molecule has 0 amide bonds. The molecule has 0 radical (unpaired) electrons. The zero-order valence-electron chi connectivity index (χ0n) is 12.9. The van der Waals surface area contributed by atoms with Crippen LogP contribution in [0.1, 0.15) is 16.8 Å². The summed E-state index contributed by atoms with van der Waals surface area (Å²) in [7, 11) is 1.68. The summed E-state index contributed by atoms with van der Waals surface area (Å²) in [6.45, 7) is 2.03. The number of hydrogen-bond donors (Lipinski definition) is 1. The highest BCUT2D eigenvalue weighted by Crippen LogP contribution is 2.23. The van der Waals surface area contributed by atoms with E-state index in [1.165, 1.54) is 5.56 Å². The summed E-state index contributed by atoms with van der Waals surface area (Å²) >= 11 is 1.59. The van der Waals surface area contributed by atoms with Gasteiger partial charge in [0, 0.05) is 18.0 Å². The molecule has 1 aromatic carbocycles. The first-order chi connectivity index (χ1) is 10.7. The molecule has 6 heteroatoms. The Bertz CT molecular complexity index is 776. The molecule has 4 nitrogen and oxygen atoms in total. The van der Waals surface area contributed by atoms with E-state index in [1.807, 2.05) is 37.3 Å². The van der Waals surface area contributed by atoms with Crippen molar-refractivity contribution in [2.45, 2.75) is 13.3 Å². The lowest BCUT2D eigenvalue weighted by molar-refractivity contribution is 0.414. The highest BCUT2D eigenvalue weighted by molar-refractivity contribution is 7.13. The van der Waals surface area contributed by atoms with Crippen molar-refractivity contribution >= 4 is 34.7 Å². The van der Waals surface area contributed by atoms with Crippen LogP contribution in [-0.4, -0.2) is 17.1 Å². The minimum atomic E-state index is 0. The van der Waals surface area contributed by atoms with Gasteiger partial charge in [-0.05, 0) is 36.2 Å². The minimum absolute atomic E-state index is 0. The molecule has 3 aromatic rings. The third-order valence-corrected chi connectivity index (χ3v) is 4.11. The summed E-state index contributed by atoms with van der Waals surface area (Å²) in [6.07, 6.45) is 2.57. The second-order valence-electron chi connectivity index (χ2n) is 4.97. The van der Waals surface area contributed by atoms with Gasteiger partial charge in [0.2, 0.25) is 0 Å². The van der Waals surface area contributed by atoms with Gasteiger partial charge in [0.15, 0.2) is 5.13 Å². The van der Waals surface area contributed by atoms with Gasteiger partial charge in [0.05, 0.1) is 12.8 Å². The van der Waals surface area contributed by atoms with Gasteiger partial charge in [-0.25, -0.2) is 9.97 Å². The van der Waals surface area contributed by atoms with Crippen LogP contribution in [0, 0.1) is 6.92 Å². The third-order valence-electron chi connectivity index (χ3n) is 3.31. The summed E-state index contributed by atoms with van der Waals surface area (Å²) in [5.41, 5.74) is 3.33. The minimum Gasteiger partial charge on any atom is -0.497 e. The zero-order chi connectivity index (χ0) is 15.4. The summed E-state index contributed by atoms with van der Waals surface area (Å²) in [5, 5.41) is 6.20. The normalized spacial score (nSPS) is 10.0. The van der Waals surface area contributed by atoms with E-state index in [0.717, 1.165) is 34.4 Å². The fraction of sp³-hybridized carbons (Fsp3) is 0.176. The predicted molar refractivity (Wildman–Crippen MR) is 97.4 cm³/mol. The number of aromatic nitrogens is 2. The molecule has 1 N–H and O–H groups in total. The number of anilines is 2. The Labute approximate surface area is 146 Å². The smallest absolute Gasteiger partial charge is 0.188 e. The maximum absolute atomic E-state index is 5.25. The molecule has 2 heterocycles. The molecule has 2 aromatic heterocycles. The average molecular weight is 348 g/mol. The first kappa shape index (κ1) is 17.2. The number of benzene rings is 1. The lowest BCUT2D eigenvalue weighted by Gasteiger charge is -2.04. The van der Waals surface area contributed by atoms with E-state index < -0.39 is 0 Å². The van der Waals surface area contributed by atoms with Crippen LogP contribution in [0.5, 0.6) is 5.75 Å². The van der Waals surface area contributed by atoms with Gasteiger partial charge in [0.1, 0.15) is 11.6 Å². The lowest BCUT2D eigenvalue weighted by Crippen LogP contribution is -1.96. The van der Waals surface area contributed by atoms with E-state index in [-0.39, 0.29) is 12.4 Å². The molecule has 0 bridgehead atoms. The summed E-state index contributed by atoms with van der Waals surface area (Å²) < 4.78 is 5.25. The molecular formula is C17H18ClN3OS. The molecule has 0 spiro atoms. The number of ether oxygens (including phenoxy) is 1. The summed E-state index contributed by atoms with van der Waals surface area (Å²) in [5.74, 6) is 1.72. The van der Waals surface area contributed by atoms with Crippen LogP contribution in [0.3, 0.4) is 0 Å². The van der Waals surface area contributed by atoms with Crippen LogP contribution >= 0.6 is 23.7 Å². The number of halogens is 1. The molecule has 0 aliphatic carbocycles. The Morgan fingerprint density at radius 1 is 1.22 bits per heavy atom. The van der Waals surface area contributed by atoms with E-state index in [1.54, 1.807) is 24.6 Å². The Hall–Kier alpha value is -2.11. The Kier molecular flexibility index (Phi) is 5.96. The molecule has 3 rings (SSSR count). The van der Waals surface area contributed by atoms with Crippen molar-refractivity contribution in [1.29, 1.82) is 0 Å². The summed E-state index contributed by atoms with van der Waals surface area (Å²) in [4.78, 5) is 8.95. The fourth-order valence-corrected chi connectivity index (χ4v) is 2.86.